The summed E-state index contributed by atoms with van der Waals surface area (Å²) in [6.45, 7) is 0.621. The molecule has 0 fully saturated rings. The summed E-state index contributed by atoms with van der Waals surface area (Å²) < 4.78 is 10.9. The third kappa shape index (κ3) is 3.17. The van der Waals surface area contributed by atoms with E-state index >= 15 is 0 Å². The number of furan rings is 2. The highest BCUT2D eigenvalue weighted by atomic mass is 16.3. The van der Waals surface area contributed by atoms with Crippen molar-refractivity contribution in [3.8, 4) is 0 Å². The van der Waals surface area contributed by atoms with Crippen molar-refractivity contribution < 1.29 is 13.6 Å². The van der Waals surface area contributed by atoms with E-state index < -0.39 is 0 Å². The second kappa shape index (κ2) is 7.15. The molecule has 0 aliphatic heterocycles. The Balaban J connectivity index is 1.69. The number of hydrogen-bond acceptors (Lipinski definition) is 4. The zero-order chi connectivity index (χ0) is 17.8. The SMILES string of the molecule is O=C(C1=CC=CC1=C(NCc1ccccc1)c1ccco1)c1ccco1. The molecule has 3 aromatic rings. The number of benzene rings is 1. The molecule has 1 aliphatic carbocycles. The zero-order valence-corrected chi connectivity index (χ0v) is 14.0. The molecule has 0 bridgehead atoms. The number of carbonyl (C=O) groups excluding carboxylic acids is 1. The molecule has 1 aromatic carbocycles. The van der Waals surface area contributed by atoms with E-state index in [0.717, 1.165) is 16.8 Å². The standard InChI is InChI=1S/C22H17NO3/c24-22(20-12-6-14-26-20)18-10-4-9-17(18)21(19-11-5-13-25-19)23-15-16-7-2-1-3-8-16/h1-14,23H,15H2. The van der Waals surface area contributed by atoms with Crippen LogP contribution in [0.3, 0.4) is 0 Å². The number of Topliss-reactive ketones (excluding diaryl/α,β-unsaturated/α-hetero) is 1. The minimum atomic E-state index is -0.152. The molecule has 0 unspecified atom stereocenters. The van der Waals surface area contributed by atoms with E-state index in [2.05, 4.69) is 5.32 Å². The van der Waals surface area contributed by atoms with Crippen molar-refractivity contribution in [1.29, 1.82) is 0 Å². The number of hydrogen-bond donors (Lipinski definition) is 1. The van der Waals surface area contributed by atoms with Gasteiger partial charge in [-0.1, -0.05) is 48.6 Å². The normalized spacial score (nSPS) is 15.0. The Morgan fingerprint density at radius 2 is 1.62 bits per heavy atom. The van der Waals surface area contributed by atoms with Crippen molar-refractivity contribution >= 4 is 11.5 Å². The van der Waals surface area contributed by atoms with Gasteiger partial charge in [0.2, 0.25) is 5.78 Å². The molecular formula is C22H17NO3. The number of allylic oxidation sites excluding steroid dienone is 5. The van der Waals surface area contributed by atoms with E-state index in [9.17, 15) is 4.79 Å². The average molecular weight is 343 g/mol. The minimum Gasteiger partial charge on any atom is -0.463 e. The topological polar surface area (TPSA) is 55.4 Å². The van der Waals surface area contributed by atoms with Crippen molar-refractivity contribution in [3.05, 3.63) is 114 Å². The van der Waals surface area contributed by atoms with Gasteiger partial charge >= 0.3 is 0 Å². The van der Waals surface area contributed by atoms with Crippen molar-refractivity contribution in [3.63, 3.8) is 0 Å². The van der Waals surface area contributed by atoms with E-state index in [1.54, 1.807) is 24.5 Å². The Morgan fingerprint density at radius 1 is 0.885 bits per heavy atom. The Kier molecular flexibility index (Phi) is 4.39. The first kappa shape index (κ1) is 16.0. The van der Waals surface area contributed by atoms with Gasteiger partial charge in [0.25, 0.3) is 0 Å². The van der Waals surface area contributed by atoms with Crippen LogP contribution in [0.1, 0.15) is 21.9 Å². The molecule has 26 heavy (non-hydrogen) atoms. The molecule has 2 aromatic heterocycles. The minimum absolute atomic E-state index is 0.152. The lowest BCUT2D eigenvalue weighted by Crippen LogP contribution is -2.15. The van der Waals surface area contributed by atoms with Gasteiger partial charge in [-0.25, -0.2) is 0 Å². The highest BCUT2D eigenvalue weighted by Gasteiger charge is 2.24. The van der Waals surface area contributed by atoms with Gasteiger partial charge in [0.15, 0.2) is 5.76 Å². The Labute approximate surface area is 151 Å². The first-order chi connectivity index (χ1) is 12.8. The van der Waals surface area contributed by atoms with Crippen molar-refractivity contribution in [2.45, 2.75) is 6.54 Å². The van der Waals surface area contributed by atoms with Crippen LogP contribution < -0.4 is 5.32 Å². The van der Waals surface area contributed by atoms with Gasteiger partial charge in [0.05, 0.1) is 18.2 Å². The highest BCUT2D eigenvalue weighted by Crippen LogP contribution is 2.30. The monoisotopic (exact) mass is 343 g/mol. The van der Waals surface area contributed by atoms with Crippen molar-refractivity contribution in [1.82, 2.24) is 5.32 Å². The molecule has 0 saturated carbocycles. The lowest BCUT2D eigenvalue weighted by atomic mass is 10.00. The fourth-order valence-corrected chi connectivity index (χ4v) is 2.90. The lowest BCUT2D eigenvalue weighted by Gasteiger charge is -2.14. The van der Waals surface area contributed by atoms with Crippen molar-refractivity contribution in [2.24, 2.45) is 0 Å². The quantitative estimate of drug-likeness (QED) is 0.656. The molecule has 0 radical (unpaired) electrons. The first-order valence-corrected chi connectivity index (χ1v) is 8.36. The molecule has 2 heterocycles. The summed E-state index contributed by atoms with van der Waals surface area (Å²) in [4.78, 5) is 12.8. The predicted molar refractivity (Wildman–Crippen MR) is 99.2 cm³/mol. The van der Waals surface area contributed by atoms with Crippen molar-refractivity contribution in [2.75, 3.05) is 0 Å². The average Bonchev–Trinajstić information content (AvgIpc) is 3.44. The number of rotatable bonds is 6. The van der Waals surface area contributed by atoms with Crippen LogP contribution in [0.25, 0.3) is 5.70 Å². The van der Waals surface area contributed by atoms with Gasteiger partial charge in [0, 0.05) is 17.7 Å². The maximum absolute atomic E-state index is 12.8. The van der Waals surface area contributed by atoms with Crippen LogP contribution in [0.2, 0.25) is 0 Å². The molecular weight excluding hydrogens is 326 g/mol. The number of carbonyl (C=O) groups is 1. The third-order valence-electron chi connectivity index (χ3n) is 4.15. The van der Waals surface area contributed by atoms with Gasteiger partial charge in [-0.15, -0.1) is 0 Å². The van der Waals surface area contributed by atoms with E-state index in [0.29, 0.717) is 23.6 Å². The fraction of sp³-hybridized carbons (Fsp3) is 0.0455. The summed E-state index contributed by atoms with van der Waals surface area (Å²) in [6, 6.07) is 17.2. The van der Waals surface area contributed by atoms with E-state index in [1.807, 2.05) is 54.6 Å². The summed E-state index contributed by atoms with van der Waals surface area (Å²) in [6.07, 6.45) is 8.69. The summed E-state index contributed by atoms with van der Waals surface area (Å²) >= 11 is 0. The van der Waals surface area contributed by atoms with Gasteiger partial charge in [-0.3, -0.25) is 4.79 Å². The van der Waals surface area contributed by atoms with Crippen LogP contribution in [0.15, 0.2) is 105 Å². The third-order valence-corrected chi connectivity index (χ3v) is 4.15. The Morgan fingerprint density at radius 3 is 2.31 bits per heavy atom. The van der Waals surface area contributed by atoms with E-state index in [4.69, 9.17) is 8.83 Å². The number of ketones is 1. The molecule has 4 rings (SSSR count). The lowest BCUT2D eigenvalue weighted by molar-refractivity contribution is 0.101. The van der Waals surface area contributed by atoms with E-state index in [1.165, 1.54) is 6.26 Å². The second-order valence-corrected chi connectivity index (χ2v) is 5.85. The largest absolute Gasteiger partial charge is 0.463 e. The molecule has 0 saturated heterocycles. The fourth-order valence-electron chi connectivity index (χ4n) is 2.90. The number of nitrogens with one attached hydrogen (secondary N) is 1. The van der Waals surface area contributed by atoms with Gasteiger partial charge in [-0.2, -0.15) is 0 Å². The molecule has 4 heteroatoms. The van der Waals surface area contributed by atoms with Crippen LogP contribution >= 0.6 is 0 Å². The van der Waals surface area contributed by atoms with Crippen LogP contribution in [-0.2, 0) is 6.54 Å². The molecule has 4 nitrogen and oxygen atoms in total. The molecule has 0 atom stereocenters. The summed E-state index contributed by atoms with van der Waals surface area (Å²) in [5.74, 6) is 0.848. The van der Waals surface area contributed by atoms with Gasteiger partial charge in [0.1, 0.15) is 5.76 Å². The van der Waals surface area contributed by atoms with Gasteiger partial charge < -0.3 is 14.2 Å². The Hall–Kier alpha value is -3.53. The van der Waals surface area contributed by atoms with Crippen LogP contribution in [0, 0.1) is 0 Å². The van der Waals surface area contributed by atoms with E-state index in [-0.39, 0.29) is 5.78 Å². The first-order valence-electron chi connectivity index (χ1n) is 8.36. The summed E-state index contributed by atoms with van der Waals surface area (Å²) in [5.41, 5.74) is 3.28. The maximum atomic E-state index is 12.8. The summed E-state index contributed by atoms with van der Waals surface area (Å²) in [5, 5.41) is 3.42. The molecule has 0 spiro atoms. The van der Waals surface area contributed by atoms with Gasteiger partial charge in [-0.05, 0) is 29.8 Å². The van der Waals surface area contributed by atoms with Crippen LogP contribution in [0.5, 0.6) is 0 Å². The molecule has 128 valence electrons. The maximum Gasteiger partial charge on any atom is 0.228 e. The zero-order valence-electron chi connectivity index (χ0n) is 14.0. The second-order valence-electron chi connectivity index (χ2n) is 5.85. The predicted octanol–water partition coefficient (Wildman–Crippen LogP) is 4.75. The summed E-state index contributed by atoms with van der Waals surface area (Å²) in [7, 11) is 0. The molecule has 1 aliphatic rings. The highest BCUT2D eigenvalue weighted by molar-refractivity contribution is 6.12. The molecule has 1 N–H and O–H groups in total. The Bertz CT molecular complexity index is 975. The molecule has 0 amide bonds. The van der Waals surface area contributed by atoms with Crippen LogP contribution in [0.4, 0.5) is 0 Å². The van der Waals surface area contributed by atoms with Crippen LogP contribution in [-0.4, -0.2) is 5.78 Å². The smallest absolute Gasteiger partial charge is 0.228 e.